The molecule has 0 aliphatic rings. The molecule has 0 atom stereocenters. The molecule has 0 unspecified atom stereocenters. The van der Waals surface area contributed by atoms with Crippen molar-refractivity contribution in [2.24, 2.45) is 16.2 Å². The van der Waals surface area contributed by atoms with Crippen molar-refractivity contribution in [3.8, 4) is 0 Å². The lowest BCUT2D eigenvalue weighted by molar-refractivity contribution is -0.393. The van der Waals surface area contributed by atoms with Gasteiger partial charge in [-0.3, -0.25) is 20.2 Å². The Kier molecular flexibility index (Phi) is 3.45. The number of nitro groups is 2. The Morgan fingerprint density at radius 1 is 1.25 bits per heavy atom. The summed E-state index contributed by atoms with van der Waals surface area (Å²) in [5, 5.41) is 27.3. The Morgan fingerprint density at radius 2 is 1.88 bits per heavy atom. The van der Waals surface area contributed by atoms with Crippen molar-refractivity contribution in [3.63, 3.8) is 0 Å². The van der Waals surface area contributed by atoms with Crippen LogP contribution in [0.5, 0.6) is 0 Å². The quantitative estimate of drug-likeness (QED) is 0.393. The molecule has 16 heavy (non-hydrogen) atoms. The maximum absolute atomic E-state index is 10.6. The number of nitrogens with zero attached hydrogens (tertiary/aromatic N) is 4. The van der Waals surface area contributed by atoms with E-state index >= 15 is 0 Å². The minimum Gasteiger partial charge on any atom is -0.305 e. The van der Waals surface area contributed by atoms with Gasteiger partial charge in [0.25, 0.3) is 5.69 Å². The molecular weight excluding hydrogens is 286 g/mol. The Balaban J connectivity index is 3.51. The van der Waals surface area contributed by atoms with E-state index in [-0.39, 0.29) is 10.2 Å². The van der Waals surface area contributed by atoms with Gasteiger partial charge in [-0.2, -0.15) is 0 Å². The maximum atomic E-state index is 10.6. The van der Waals surface area contributed by atoms with Gasteiger partial charge in [0.05, 0.1) is 20.4 Å². The summed E-state index contributed by atoms with van der Waals surface area (Å²) >= 11 is 2.92. The van der Waals surface area contributed by atoms with Gasteiger partial charge in [0, 0.05) is 6.07 Å². The van der Waals surface area contributed by atoms with Crippen LogP contribution >= 0.6 is 15.9 Å². The number of benzene rings is 1. The average molecular weight is 290 g/mol. The highest BCUT2D eigenvalue weighted by Crippen LogP contribution is 2.38. The summed E-state index contributed by atoms with van der Waals surface area (Å²) in [4.78, 5) is 19.6. The highest BCUT2D eigenvalue weighted by molar-refractivity contribution is 9.10. The van der Waals surface area contributed by atoms with Crippen molar-refractivity contribution in [3.05, 3.63) is 36.8 Å². The van der Waals surface area contributed by atoms with Crippen molar-refractivity contribution in [2.75, 3.05) is 0 Å². The van der Waals surface area contributed by atoms with Crippen molar-refractivity contribution in [2.45, 2.75) is 0 Å². The number of non-ortho nitro benzene ring substituents is 1. The lowest BCUT2D eigenvalue weighted by Gasteiger charge is -1.99. The highest BCUT2D eigenvalue weighted by atomic mass is 79.9. The first kappa shape index (κ1) is 12.0. The predicted molar refractivity (Wildman–Crippen MR) is 56.2 cm³/mol. The Bertz CT molecular complexity index is 488. The van der Waals surface area contributed by atoms with Gasteiger partial charge in [0.1, 0.15) is 0 Å². The van der Waals surface area contributed by atoms with Crippen LogP contribution in [-0.2, 0) is 0 Å². The molecule has 0 amide bonds. The Morgan fingerprint density at radius 3 is 2.31 bits per heavy atom. The van der Waals surface area contributed by atoms with Crippen LogP contribution in [0.3, 0.4) is 0 Å². The molecule has 0 spiro atoms. The average Bonchev–Trinajstić information content (AvgIpc) is 2.20. The first-order chi connectivity index (χ1) is 7.47. The second kappa shape index (κ2) is 4.61. The van der Waals surface area contributed by atoms with Gasteiger partial charge in [-0.25, -0.2) is 0 Å². The SMILES string of the molecule is NN=Nc1c(Br)cc([N+](=O)[O-])cc1[N+](=O)[O-]. The number of nitro benzene ring substituents is 2. The molecule has 0 fully saturated rings. The Labute approximate surface area is 96.4 Å². The standard InChI is InChI=1S/C6H4BrN5O4/c7-4-1-3(11(13)14)2-5(12(15)16)6(4)9-10-8/h1-2H,(H2,8,9). The van der Waals surface area contributed by atoms with E-state index < -0.39 is 21.2 Å². The van der Waals surface area contributed by atoms with Gasteiger partial charge in [0.15, 0.2) is 5.69 Å². The van der Waals surface area contributed by atoms with Crippen LogP contribution in [0.1, 0.15) is 0 Å². The summed E-state index contributed by atoms with van der Waals surface area (Å²) in [6.45, 7) is 0. The monoisotopic (exact) mass is 289 g/mol. The van der Waals surface area contributed by atoms with Crippen LogP contribution in [0, 0.1) is 20.2 Å². The zero-order valence-electron chi connectivity index (χ0n) is 7.53. The van der Waals surface area contributed by atoms with Crippen molar-refractivity contribution >= 4 is 33.0 Å². The first-order valence-corrected chi connectivity index (χ1v) is 4.50. The molecule has 0 aliphatic heterocycles. The zero-order chi connectivity index (χ0) is 12.3. The zero-order valence-corrected chi connectivity index (χ0v) is 9.12. The van der Waals surface area contributed by atoms with Crippen LogP contribution < -0.4 is 5.84 Å². The van der Waals surface area contributed by atoms with Crippen LogP contribution in [0.25, 0.3) is 0 Å². The molecule has 1 aromatic carbocycles. The van der Waals surface area contributed by atoms with Crippen LogP contribution in [0.2, 0.25) is 0 Å². The number of rotatable bonds is 3. The lowest BCUT2D eigenvalue weighted by Crippen LogP contribution is -1.94. The number of halogens is 1. The molecule has 9 nitrogen and oxygen atoms in total. The Hall–Kier alpha value is -2.10. The van der Waals surface area contributed by atoms with Crippen molar-refractivity contribution in [1.29, 1.82) is 0 Å². The van der Waals surface area contributed by atoms with Crippen LogP contribution in [0.4, 0.5) is 17.1 Å². The molecule has 2 N–H and O–H groups in total. The molecule has 0 saturated heterocycles. The fraction of sp³-hybridized carbons (Fsp3) is 0. The molecule has 1 rings (SSSR count). The van der Waals surface area contributed by atoms with Gasteiger partial charge in [0.2, 0.25) is 0 Å². The predicted octanol–water partition coefficient (Wildman–Crippen LogP) is 2.22. The number of hydrogen-bond donors (Lipinski definition) is 1. The lowest BCUT2D eigenvalue weighted by atomic mass is 10.2. The number of hydrogen-bond acceptors (Lipinski definition) is 6. The molecule has 0 saturated carbocycles. The first-order valence-electron chi connectivity index (χ1n) is 3.70. The van der Waals surface area contributed by atoms with E-state index in [1.165, 1.54) is 0 Å². The summed E-state index contributed by atoms with van der Waals surface area (Å²) in [5.74, 6) is 4.78. The third-order valence-corrected chi connectivity index (χ3v) is 2.20. The maximum Gasteiger partial charge on any atom is 0.304 e. The molecule has 10 heteroatoms. The molecule has 84 valence electrons. The smallest absolute Gasteiger partial charge is 0.304 e. The van der Waals surface area contributed by atoms with E-state index in [9.17, 15) is 20.2 Å². The molecule has 0 bridgehead atoms. The summed E-state index contributed by atoms with van der Waals surface area (Å²) in [6, 6.07) is 1.87. The molecule has 0 aromatic heterocycles. The molecule has 1 aromatic rings. The van der Waals surface area contributed by atoms with Gasteiger partial charge < -0.3 is 5.84 Å². The second-order valence-corrected chi connectivity index (χ2v) is 3.38. The fourth-order valence-electron chi connectivity index (χ4n) is 0.972. The minimum absolute atomic E-state index is 0.0719. The highest BCUT2D eigenvalue weighted by Gasteiger charge is 2.23. The van der Waals surface area contributed by atoms with E-state index in [0.29, 0.717) is 0 Å². The summed E-state index contributed by atoms with van der Waals surface area (Å²) in [6.07, 6.45) is 0. The van der Waals surface area contributed by atoms with Crippen molar-refractivity contribution < 1.29 is 9.85 Å². The second-order valence-electron chi connectivity index (χ2n) is 2.53. The molecule has 0 aliphatic carbocycles. The summed E-state index contributed by atoms with van der Waals surface area (Å²) in [5.41, 5.74) is -1.14. The van der Waals surface area contributed by atoms with E-state index in [0.717, 1.165) is 12.1 Å². The van der Waals surface area contributed by atoms with Crippen molar-refractivity contribution in [1.82, 2.24) is 0 Å². The third kappa shape index (κ3) is 2.28. The number of nitrogens with two attached hydrogens (primary N) is 1. The van der Waals surface area contributed by atoms with E-state index in [1.54, 1.807) is 0 Å². The topological polar surface area (TPSA) is 137 Å². The van der Waals surface area contributed by atoms with Gasteiger partial charge >= 0.3 is 5.69 Å². The fourth-order valence-corrected chi connectivity index (χ4v) is 1.49. The third-order valence-electron chi connectivity index (χ3n) is 1.59. The molecule has 0 radical (unpaired) electrons. The van der Waals surface area contributed by atoms with E-state index in [1.807, 2.05) is 0 Å². The van der Waals surface area contributed by atoms with Gasteiger partial charge in [-0.05, 0) is 15.9 Å². The minimum atomic E-state index is -0.804. The van der Waals surface area contributed by atoms with E-state index in [4.69, 9.17) is 5.84 Å². The largest absolute Gasteiger partial charge is 0.305 e. The van der Waals surface area contributed by atoms with Gasteiger partial charge in [-0.15, -0.1) is 5.11 Å². The summed E-state index contributed by atoms with van der Waals surface area (Å²) in [7, 11) is 0. The van der Waals surface area contributed by atoms with Crippen LogP contribution in [-0.4, -0.2) is 9.85 Å². The summed E-state index contributed by atoms with van der Waals surface area (Å²) < 4.78 is 0.0719. The van der Waals surface area contributed by atoms with Crippen LogP contribution in [0.15, 0.2) is 26.9 Å². The normalized spacial score (nSPS) is 10.6. The van der Waals surface area contributed by atoms with Gasteiger partial charge in [-0.1, -0.05) is 5.22 Å². The molecule has 0 heterocycles. The molecular formula is C6H4BrN5O4. The van der Waals surface area contributed by atoms with E-state index in [2.05, 4.69) is 26.3 Å².